The summed E-state index contributed by atoms with van der Waals surface area (Å²) in [6.45, 7) is 3.91. The molecule has 6 atom stereocenters. The molecule has 73 heavy (non-hydrogen) atoms. The first-order valence-electron chi connectivity index (χ1n) is 29.5. The maximum absolute atomic E-state index is 13.0. The summed E-state index contributed by atoms with van der Waals surface area (Å²) in [5, 5.41) is 30.9. The summed E-state index contributed by atoms with van der Waals surface area (Å²) in [5.41, 5.74) is 0. The van der Waals surface area contributed by atoms with Crippen LogP contribution in [0.4, 0.5) is 0 Å². The van der Waals surface area contributed by atoms with E-state index in [1.807, 2.05) is 0 Å². The molecule has 4 N–H and O–H groups in total. The Kier molecular flexibility index (Phi) is 47.7. The third-order valence-electron chi connectivity index (χ3n) is 13.4. The van der Waals surface area contributed by atoms with Crippen molar-refractivity contribution < 1.29 is 56.2 Å². The molecular weight excluding hydrogens is 945 g/mol. The van der Waals surface area contributed by atoms with Crippen molar-refractivity contribution in [3.05, 3.63) is 60.8 Å². The third-order valence-corrected chi connectivity index (χ3v) is 13.9. The maximum Gasteiger partial charge on any atom is 0.397 e. The van der Waals surface area contributed by atoms with Crippen molar-refractivity contribution in [2.75, 3.05) is 26.4 Å². The molecule has 6 unspecified atom stereocenters. The summed E-state index contributed by atoms with van der Waals surface area (Å²) in [7, 11) is -5.07. The van der Waals surface area contributed by atoms with Crippen LogP contribution in [0.2, 0.25) is 0 Å². The second-order valence-electron chi connectivity index (χ2n) is 20.2. The summed E-state index contributed by atoms with van der Waals surface area (Å²) in [6, 6.07) is 0. The van der Waals surface area contributed by atoms with E-state index in [0.29, 0.717) is 13.0 Å². The summed E-state index contributed by atoms with van der Waals surface area (Å²) < 4.78 is 59.5. The number of carbonyl (C=O) groups is 1. The SMILES string of the molecule is CC/C=C\C/C=C\C/C=C\C/C=C\C/C=C\CCCCCCCCCCCCOCC(COC1OC(CO)C(O)C(OS(=O)(=O)O)C1O)OC(=O)CCCCCCCCCCCCCCCCCCCCCC. The maximum atomic E-state index is 13.0. The number of hydrogen-bond acceptors (Lipinski definition) is 11. The molecule has 426 valence electrons. The normalized spacial score (nSPS) is 19.2. The van der Waals surface area contributed by atoms with Gasteiger partial charge in [-0.3, -0.25) is 9.35 Å². The van der Waals surface area contributed by atoms with E-state index in [2.05, 4.69) is 78.8 Å². The quantitative estimate of drug-likeness (QED) is 0.0196. The van der Waals surface area contributed by atoms with Crippen LogP contribution in [0.25, 0.3) is 0 Å². The molecule has 1 saturated heterocycles. The van der Waals surface area contributed by atoms with Gasteiger partial charge < -0.3 is 34.3 Å². The fourth-order valence-corrected chi connectivity index (χ4v) is 9.50. The zero-order chi connectivity index (χ0) is 53.1. The lowest BCUT2D eigenvalue weighted by Crippen LogP contribution is -2.60. The van der Waals surface area contributed by atoms with Gasteiger partial charge in [0, 0.05) is 13.0 Å². The van der Waals surface area contributed by atoms with Crippen LogP contribution in [0.1, 0.15) is 251 Å². The van der Waals surface area contributed by atoms with Crippen LogP contribution in [-0.4, -0.2) is 97.5 Å². The van der Waals surface area contributed by atoms with Crippen LogP contribution in [0.3, 0.4) is 0 Å². The minimum absolute atomic E-state index is 0.0336. The third kappa shape index (κ3) is 43.6. The van der Waals surface area contributed by atoms with Crippen LogP contribution < -0.4 is 0 Å². The van der Waals surface area contributed by atoms with E-state index in [9.17, 15) is 33.1 Å². The topological polar surface area (TPSA) is 178 Å². The number of aliphatic hydroxyl groups excluding tert-OH is 3. The van der Waals surface area contributed by atoms with Crippen LogP contribution >= 0.6 is 0 Å². The number of allylic oxidation sites excluding steroid dienone is 10. The highest BCUT2D eigenvalue weighted by Crippen LogP contribution is 2.26. The lowest BCUT2D eigenvalue weighted by Gasteiger charge is -2.41. The number of carbonyl (C=O) groups excluding carboxylic acids is 1. The van der Waals surface area contributed by atoms with Gasteiger partial charge in [-0.05, 0) is 57.8 Å². The smallest absolute Gasteiger partial charge is 0.397 e. The van der Waals surface area contributed by atoms with Crippen LogP contribution in [-0.2, 0) is 38.3 Å². The van der Waals surface area contributed by atoms with Gasteiger partial charge in [-0.15, -0.1) is 0 Å². The predicted octanol–water partition coefficient (Wildman–Crippen LogP) is 14.8. The molecule has 0 amide bonds. The summed E-state index contributed by atoms with van der Waals surface area (Å²) >= 11 is 0. The molecule has 1 rings (SSSR count). The van der Waals surface area contributed by atoms with Gasteiger partial charge in [0.25, 0.3) is 0 Å². The minimum Gasteiger partial charge on any atom is -0.457 e. The van der Waals surface area contributed by atoms with E-state index in [1.54, 1.807) is 0 Å². The molecular formula is C60H108O12S. The molecule has 1 fully saturated rings. The Morgan fingerprint density at radius 1 is 0.534 bits per heavy atom. The second-order valence-corrected chi connectivity index (χ2v) is 21.3. The molecule has 0 aliphatic carbocycles. The van der Waals surface area contributed by atoms with E-state index in [4.69, 9.17) is 18.9 Å². The van der Waals surface area contributed by atoms with Crippen molar-refractivity contribution in [3.63, 3.8) is 0 Å². The first kappa shape index (κ1) is 68.8. The minimum atomic E-state index is -5.07. The number of rotatable bonds is 52. The first-order chi connectivity index (χ1) is 35.6. The molecule has 0 aromatic carbocycles. The van der Waals surface area contributed by atoms with Gasteiger partial charge in [0.05, 0.1) is 19.8 Å². The molecule has 0 bridgehead atoms. The number of aliphatic hydroxyl groups is 3. The Balaban J connectivity index is 2.28. The molecule has 12 nitrogen and oxygen atoms in total. The number of ether oxygens (including phenoxy) is 4. The van der Waals surface area contributed by atoms with Gasteiger partial charge in [0.15, 0.2) is 6.29 Å². The zero-order valence-electron chi connectivity index (χ0n) is 46.2. The molecule has 0 radical (unpaired) electrons. The second kappa shape index (κ2) is 50.6. The van der Waals surface area contributed by atoms with Gasteiger partial charge in [-0.2, -0.15) is 8.42 Å². The van der Waals surface area contributed by atoms with Crippen molar-refractivity contribution >= 4 is 16.4 Å². The van der Waals surface area contributed by atoms with Crippen LogP contribution in [0.15, 0.2) is 60.8 Å². The van der Waals surface area contributed by atoms with Crippen molar-refractivity contribution in [1.29, 1.82) is 0 Å². The van der Waals surface area contributed by atoms with Gasteiger partial charge in [-0.25, -0.2) is 4.18 Å². The van der Waals surface area contributed by atoms with Crippen LogP contribution in [0, 0.1) is 0 Å². The fourth-order valence-electron chi connectivity index (χ4n) is 9.00. The van der Waals surface area contributed by atoms with E-state index < -0.39 is 59.8 Å². The Hall–Kier alpha value is -2.20. The molecule has 13 heteroatoms. The van der Waals surface area contributed by atoms with Gasteiger partial charge >= 0.3 is 16.4 Å². The summed E-state index contributed by atoms with van der Waals surface area (Å²) in [4.78, 5) is 13.0. The Labute approximate surface area is 446 Å². The van der Waals surface area contributed by atoms with E-state index >= 15 is 0 Å². The highest BCUT2D eigenvalue weighted by Gasteiger charge is 2.48. The number of unbranched alkanes of at least 4 members (excludes halogenated alkanes) is 29. The average molecular weight is 1050 g/mol. The molecule has 1 aliphatic rings. The van der Waals surface area contributed by atoms with Gasteiger partial charge in [0.1, 0.15) is 30.5 Å². The fraction of sp³-hybridized carbons (Fsp3) is 0.817. The molecule has 0 aromatic heterocycles. The average Bonchev–Trinajstić information content (AvgIpc) is 3.37. The zero-order valence-corrected chi connectivity index (χ0v) is 47.0. The highest BCUT2D eigenvalue weighted by molar-refractivity contribution is 7.80. The van der Waals surface area contributed by atoms with Gasteiger partial charge in [0.2, 0.25) is 0 Å². The van der Waals surface area contributed by atoms with Crippen molar-refractivity contribution in [1.82, 2.24) is 0 Å². The lowest BCUT2D eigenvalue weighted by molar-refractivity contribution is -0.301. The van der Waals surface area contributed by atoms with Crippen molar-refractivity contribution in [3.8, 4) is 0 Å². The Bertz CT molecular complexity index is 1500. The predicted molar refractivity (Wildman–Crippen MR) is 299 cm³/mol. The Morgan fingerprint density at radius 3 is 1.38 bits per heavy atom. The number of hydrogen-bond donors (Lipinski definition) is 4. The standard InChI is InChI=1S/C60H108O12S/c1-3-5-7-9-11-13-15-17-19-21-23-25-26-27-28-29-30-32-34-36-38-40-42-44-46-48-50-68-52-54(53-69-60-58(64)59(72-73(65,66)67)57(63)55(51-61)71-60)70-56(62)49-47-45-43-41-39-37-35-33-31-24-22-20-18-16-14-12-10-8-6-4-2/h5,7,11,13,17,19,23,25,27-28,54-55,57-61,63-64H,3-4,6,8-10,12,14-16,18,20-22,24,26,29-53H2,1-2H3,(H,65,66,67)/b7-5-,13-11-,19-17-,25-23-,28-27-. The Morgan fingerprint density at radius 2 is 0.945 bits per heavy atom. The van der Waals surface area contributed by atoms with E-state index in [-0.39, 0.29) is 19.6 Å². The lowest BCUT2D eigenvalue weighted by atomic mass is 9.99. The monoisotopic (exact) mass is 1050 g/mol. The molecule has 0 spiro atoms. The summed E-state index contributed by atoms with van der Waals surface area (Å²) in [6.07, 6.45) is 56.8. The largest absolute Gasteiger partial charge is 0.457 e. The molecule has 1 heterocycles. The van der Waals surface area contributed by atoms with Crippen molar-refractivity contribution in [2.45, 2.75) is 288 Å². The molecule has 1 aliphatic heterocycles. The first-order valence-corrected chi connectivity index (χ1v) is 30.9. The number of esters is 1. The highest BCUT2D eigenvalue weighted by atomic mass is 32.3. The summed E-state index contributed by atoms with van der Waals surface area (Å²) in [5.74, 6) is -0.397. The molecule has 0 aromatic rings. The van der Waals surface area contributed by atoms with E-state index in [1.165, 1.54) is 148 Å². The van der Waals surface area contributed by atoms with Crippen molar-refractivity contribution in [2.24, 2.45) is 0 Å². The van der Waals surface area contributed by atoms with E-state index in [0.717, 1.165) is 77.0 Å². The van der Waals surface area contributed by atoms with Gasteiger partial charge in [-0.1, -0.05) is 248 Å². The van der Waals surface area contributed by atoms with Crippen LogP contribution in [0.5, 0.6) is 0 Å². The molecule has 0 saturated carbocycles.